The Kier molecular flexibility index (Phi) is 5.29. The van der Waals surface area contributed by atoms with Crippen LogP contribution in [0.4, 0.5) is 5.69 Å². The summed E-state index contributed by atoms with van der Waals surface area (Å²) in [4.78, 5) is 33.5. The molecule has 0 bridgehead atoms. The average molecular weight is 307 g/mol. The number of hydrogen-bond donors (Lipinski definition) is 2. The number of benzene rings is 1. The van der Waals surface area contributed by atoms with Gasteiger partial charge in [0.1, 0.15) is 11.8 Å². The van der Waals surface area contributed by atoms with Crippen LogP contribution in [0.15, 0.2) is 24.3 Å². The maximum absolute atomic E-state index is 11.8. The fourth-order valence-electron chi connectivity index (χ4n) is 2.13. The molecule has 1 fully saturated rings. The molecular weight excluding hydrogens is 290 g/mol. The second-order valence-corrected chi connectivity index (χ2v) is 4.95. The van der Waals surface area contributed by atoms with Gasteiger partial charge in [-0.2, -0.15) is 0 Å². The fourth-order valence-corrected chi connectivity index (χ4v) is 2.13. The Balaban J connectivity index is 1.81. The molecule has 8 heteroatoms. The molecule has 1 aromatic rings. The highest BCUT2D eigenvalue weighted by molar-refractivity contribution is 5.88. The van der Waals surface area contributed by atoms with E-state index in [0.29, 0.717) is 18.7 Å². The van der Waals surface area contributed by atoms with Crippen molar-refractivity contribution in [3.63, 3.8) is 0 Å². The van der Waals surface area contributed by atoms with E-state index in [1.807, 2.05) is 0 Å². The van der Waals surface area contributed by atoms with Crippen LogP contribution in [0.5, 0.6) is 5.75 Å². The first kappa shape index (κ1) is 15.7. The number of nitrogens with zero attached hydrogens (tertiary/aromatic N) is 1. The summed E-state index contributed by atoms with van der Waals surface area (Å²) in [6, 6.07) is 4.90. The van der Waals surface area contributed by atoms with E-state index < -0.39 is 16.9 Å². The quantitative estimate of drug-likeness (QED) is 0.616. The predicted molar refractivity (Wildman–Crippen MR) is 77.4 cm³/mol. The molecule has 1 aromatic carbocycles. The molecule has 0 spiro atoms. The number of carbonyl (C=O) groups excluding carboxylic acids is 2. The standard InChI is InChI=1S/C14H17N3O5/c18-13(16-12-3-1-2-8-15-14(12)19)9-22-11-6-4-10(5-7-11)17(20)21/h4-7,12H,1-3,8-9H2,(H,15,19)(H,16,18). The number of carbonyl (C=O) groups is 2. The SMILES string of the molecule is O=C(COc1ccc([N+](=O)[O-])cc1)NC1CCCCNC1=O. The minimum atomic E-state index is -0.532. The Morgan fingerprint density at radius 2 is 2.09 bits per heavy atom. The van der Waals surface area contributed by atoms with Crippen molar-refractivity contribution in [1.82, 2.24) is 10.6 Å². The van der Waals surface area contributed by atoms with Crippen molar-refractivity contribution < 1.29 is 19.2 Å². The monoisotopic (exact) mass is 307 g/mol. The van der Waals surface area contributed by atoms with Crippen LogP contribution in [0, 0.1) is 10.1 Å². The van der Waals surface area contributed by atoms with Gasteiger partial charge in [-0.1, -0.05) is 0 Å². The molecule has 1 unspecified atom stereocenters. The third-order valence-electron chi connectivity index (χ3n) is 3.29. The predicted octanol–water partition coefficient (Wildman–Crippen LogP) is 0.758. The van der Waals surface area contributed by atoms with Gasteiger partial charge in [0.05, 0.1) is 4.92 Å². The van der Waals surface area contributed by atoms with Crippen molar-refractivity contribution in [3.8, 4) is 5.75 Å². The highest BCUT2D eigenvalue weighted by Gasteiger charge is 2.22. The summed E-state index contributed by atoms with van der Waals surface area (Å²) in [5, 5.41) is 15.9. The van der Waals surface area contributed by atoms with Crippen molar-refractivity contribution in [2.75, 3.05) is 13.2 Å². The van der Waals surface area contributed by atoms with Gasteiger partial charge in [0.25, 0.3) is 11.6 Å². The van der Waals surface area contributed by atoms with Crippen molar-refractivity contribution in [1.29, 1.82) is 0 Å². The molecule has 1 aliphatic heterocycles. The van der Waals surface area contributed by atoms with E-state index in [1.54, 1.807) is 0 Å². The van der Waals surface area contributed by atoms with E-state index in [0.717, 1.165) is 12.8 Å². The van der Waals surface area contributed by atoms with Crippen molar-refractivity contribution in [3.05, 3.63) is 34.4 Å². The number of nitrogens with one attached hydrogen (secondary N) is 2. The Hall–Kier alpha value is -2.64. The van der Waals surface area contributed by atoms with E-state index in [2.05, 4.69) is 10.6 Å². The topological polar surface area (TPSA) is 111 Å². The van der Waals surface area contributed by atoms with E-state index in [-0.39, 0.29) is 18.2 Å². The number of nitro benzene ring substituents is 1. The van der Waals surface area contributed by atoms with E-state index >= 15 is 0 Å². The molecule has 22 heavy (non-hydrogen) atoms. The number of hydrogen-bond acceptors (Lipinski definition) is 5. The molecule has 0 saturated carbocycles. The largest absolute Gasteiger partial charge is 0.484 e. The molecule has 1 saturated heterocycles. The fraction of sp³-hybridized carbons (Fsp3) is 0.429. The minimum absolute atomic E-state index is 0.0491. The smallest absolute Gasteiger partial charge is 0.269 e. The summed E-state index contributed by atoms with van der Waals surface area (Å²) in [6.07, 6.45) is 2.37. The molecule has 1 aliphatic rings. The van der Waals surface area contributed by atoms with Gasteiger partial charge in [0.2, 0.25) is 5.91 Å². The van der Waals surface area contributed by atoms with Gasteiger partial charge >= 0.3 is 0 Å². The number of non-ortho nitro benzene ring substituents is 1. The van der Waals surface area contributed by atoms with Crippen molar-refractivity contribution in [2.24, 2.45) is 0 Å². The molecule has 8 nitrogen and oxygen atoms in total. The zero-order valence-corrected chi connectivity index (χ0v) is 11.9. The minimum Gasteiger partial charge on any atom is -0.484 e. The van der Waals surface area contributed by atoms with Gasteiger partial charge in [-0.25, -0.2) is 0 Å². The first-order chi connectivity index (χ1) is 10.6. The van der Waals surface area contributed by atoms with Crippen LogP contribution in [0.2, 0.25) is 0 Å². The van der Waals surface area contributed by atoms with E-state index in [9.17, 15) is 19.7 Å². The lowest BCUT2D eigenvalue weighted by molar-refractivity contribution is -0.384. The molecule has 2 amide bonds. The third kappa shape index (κ3) is 4.44. The van der Waals surface area contributed by atoms with Gasteiger partial charge in [0, 0.05) is 18.7 Å². The van der Waals surface area contributed by atoms with Gasteiger partial charge < -0.3 is 15.4 Å². The zero-order valence-electron chi connectivity index (χ0n) is 11.9. The molecule has 0 aromatic heterocycles. The van der Waals surface area contributed by atoms with E-state index in [1.165, 1.54) is 24.3 Å². The molecule has 0 radical (unpaired) electrons. The molecular formula is C14H17N3O5. The summed E-state index contributed by atoms with van der Waals surface area (Å²) in [5.74, 6) is -0.229. The first-order valence-electron chi connectivity index (χ1n) is 7.00. The summed E-state index contributed by atoms with van der Waals surface area (Å²) in [5.41, 5.74) is -0.0491. The average Bonchev–Trinajstić information content (AvgIpc) is 2.70. The summed E-state index contributed by atoms with van der Waals surface area (Å²) < 4.78 is 5.24. The number of ether oxygens (including phenoxy) is 1. The molecule has 2 rings (SSSR count). The van der Waals surface area contributed by atoms with Gasteiger partial charge in [-0.3, -0.25) is 19.7 Å². The van der Waals surface area contributed by atoms with Crippen LogP contribution < -0.4 is 15.4 Å². The maximum atomic E-state index is 11.8. The summed E-state index contributed by atoms with van der Waals surface area (Å²) in [7, 11) is 0. The van der Waals surface area contributed by atoms with E-state index in [4.69, 9.17) is 4.74 Å². The lowest BCUT2D eigenvalue weighted by Gasteiger charge is -2.15. The van der Waals surface area contributed by atoms with Gasteiger partial charge in [0.15, 0.2) is 6.61 Å². The van der Waals surface area contributed by atoms with Crippen LogP contribution >= 0.6 is 0 Å². The van der Waals surface area contributed by atoms with Crippen molar-refractivity contribution in [2.45, 2.75) is 25.3 Å². The first-order valence-corrected chi connectivity index (χ1v) is 7.00. The number of amides is 2. The Bertz CT molecular complexity index is 558. The van der Waals surface area contributed by atoms with Crippen LogP contribution in [0.1, 0.15) is 19.3 Å². The highest BCUT2D eigenvalue weighted by atomic mass is 16.6. The Morgan fingerprint density at radius 1 is 1.36 bits per heavy atom. The summed E-state index contributed by atoms with van der Waals surface area (Å²) >= 11 is 0. The second kappa shape index (κ2) is 7.39. The lowest BCUT2D eigenvalue weighted by Crippen LogP contribution is -2.46. The molecule has 2 N–H and O–H groups in total. The molecule has 1 atom stereocenters. The normalized spacial score (nSPS) is 18.0. The van der Waals surface area contributed by atoms with Gasteiger partial charge in [-0.15, -0.1) is 0 Å². The Labute approximate surface area is 127 Å². The van der Waals surface area contributed by atoms with Crippen LogP contribution in [0.25, 0.3) is 0 Å². The second-order valence-electron chi connectivity index (χ2n) is 4.95. The summed E-state index contributed by atoms with van der Waals surface area (Å²) in [6.45, 7) is 0.381. The number of rotatable bonds is 5. The lowest BCUT2D eigenvalue weighted by atomic mass is 10.1. The Morgan fingerprint density at radius 3 is 2.77 bits per heavy atom. The van der Waals surface area contributed by atoms with Crippen LogP contribution in [0.3, 0.4) is 0 Å². The van der Waals surface area contributed by atoms with Crippen LogP contribution in [-0.4, -0.2) is 35.9 Å². The number of nitro groups is 1. The maximum Gasteiger partial charge on any atom is 0.269 e. The third-order valence-corrected chi connectivity index (χ3v) is 3.29. The molecule has 118 valence electrons. The molecule has 1 heterocycles. The zero-order chi connectivity index (χ0) is 15.9. The van der Waals surface area contributed by atoms with Crippen molar-refractivity contribution >= 4 is 17.5 Å². The molecule has 0 aliphatic carbocycles. The highest BCUT2D eigenvalue weighted by Crippen LogP contribution is 2.17. The van der Waals surface area contributed by atoms with Gasteiger partial charge in [-0.05, 0) is 31.4 Å². The van der Waals surface area contributed by atoms with Crippen LogP contribution in [-0.2, 0) is 9.59 Å².